The minimum Gasteiger partial charge on any atom is -0.372 e. The van der Waals surface area contributed by atoms with Gasteiger partial charge in [0.05, 0.1) is 11.6 Å². The molecule has 124 valence electrons. The molecule has 1 fully saturated rings. The molecule has 1 aliphatic rings. The summed E-state index contributed by atoms with van der Waals surface area (Å²) in [7, 11) is 1.88. The van der Waals surface area contributed by atoms with Gasteiger partial charge in [-0.3, -0.25) is 4.68 Å². The number of rotatable bonds is 3. The first-order valence-corrected chi connectivity index (χ1v) is 8.45. The Morgan fingerprint density at radius 2 is 1.83 bits per heavy atom. The van der Waals surface area contributed by atoms with Crippen LogP contribution in [0.25, 0.3) is 11.0 Å². The number of hydrogen-bond acceptors (Lipinski definition) is 5. The van der Waals surface area contributed by atoms with Gasteiger partial charge in [-0.2, -0.15) is 5.10 Å². The van der Waals surface area contributed by atoms with Crippen molar-refractivity contribution in [2.24, 2.45) is 13.0 Å². The van der Waals surface area contributed by atoms with Crippen molar-refractivity contribution >= 4 is 28.2 Å². The zero-order valence-corrected chi connectivity index (χ0v) is 14.1. The largest absolute Gasteiger partial charge is 0.372 e. The third-order valence-electron chi connectivity index (χ3n) is 4.81. The Kier molecular flexibility index (Phi) is 3.80. The molecule has 24 heavy (non-hydrogen) atoms. The van der Waals surface area contributed by atoms with Gasteiger partial charge in [-0.15, -0.1) is 0 Å². The van der Waals surface area contributed by atoms with Crippen LogP contribution in [0.3, 0.4) is 0 Å². The normalized spacial score (nSPS) is 15.8. The monoisotopic (exact) mass is 322 g/mol. The number of benzene rings is 1. The van der Waals surface area contributed by atoms with Gasteiger partial charge in [-0.1, -0.05) is 6.92 Å². The van der Waals surface area contributed by atoms with Crippen molar-refractivity contribution in [3.05, 3.63) is 36.8 Å². The molecule has 6 heteroatoms. The van der Waals surface area contributed by atoms with E-state index in [-0.39, 0.29) is 0 Å². The Hall–Kier alpha value is -2.63. The number of fused-ring (bicyclic) bond motifs is 1. The maximum Gasteiger partial charge on any atom is 0.163 e. The fraction of sp³-hybridized carbons (Fsp3) is 0.389. The van der Waals surface area contributed by atoms with E-state index in [1.54, 1.807) is 17.2 Å². The number of hydrogen-bond donors (Lipinski definition) is 1. The maximum absolute atomic E-state index is 4.35. The maximum atomic E-state index is 4.35. The van der Waals surface area contributed by atoms with E-state index in [9.17, 15) is 0 Å². The van der Waals surface area contributed by atoms with Gasteiger partial charge < -0.3 is 10.2 Å². The number of aromatic nitrogens is 4. The molecule has 0 atom stereocenters. The molecule has 1 N–H and O–H groups in total. The van der Waals surface area contributed by atoms with E-state index < -0.39 is 0 Å². The third-order valence-corrected chi connectivity index (χ3v) is 4.81. The molecule has 0 spiro atoms. The Bertz CT molecular complexity index is 830. The van der Waals surface area contributed by atoms with Crippen molar-refractivity contribution < 1.29 is 0 Å². The quantitative estimate of drug-likeness (QED) is 0.801. The van der Waals surface area contributed by atoms with Crippen molar-refractivity contribution in [2.45, 2.75) is 19.8 Å². The fourth-order valence-corrected chi connectivity index (χ4v) is 3.22. The minimum absolute atomic E-state index is 0.785. The third kappa shape index (κ3) is 2.79. The SMILES string of the molecule is CC1CCN(c2ccc(Nc3ncnc4c3cnn4C)cc2)CC1. The van der Waals surface area contributed by atoms with Gasteiger partial charge >= 0.3 is 0 Å². The molecule has 1 aliphatic heterocycles. The first-order chi connectivity index (χ1) is 11.7. The summed E-state index contributed by atoms with van der Waals surface area (Å²) in [5.41, 5.74) is 3.14. The summed E-state index contributed by atoms with van der Waals surface area (Å²) in [4.78, 5) is 11.1. The molecule has 3 aromatic rings. The molecule has 0 amide bonds. The standard InChI is InChI=1S/C18H22N6/c1-13-7-9-24(10-8-13)15-5-3-14(4-6-15)22-17-16-11-21-23(2)18(16)20-12-19-17/h3-6,11-13H,7-10H2,1-2H3,(H,19,20,22). The predicted molar refractivity (Wildman–Crippen MR) is 96.6 cm³/mol. The molecule has 6 nitrogen and oxygen atoms in total. The van der Waals surface area contributed by atoms with Crippen LogP contribution in [0.5, 0.6) is 0 Å². The first kappa shape index (κ1) is 14.9. The van der Waals surface area contributed by atoms with Gasteiger partial charge in [-0.25, -0.2) is 9.97 Å². The van der Waals surface area contributed by atoms with Crippen molar-refractivity contribution in [3.8, 4) is 0 Å². The van der Waals surface area contributed by atoms with E-state index in [1.807, 2.05) is 7.05 Å². The zero-order valence-electron chi connectivity index (χ0n) is 14.1. The Labute approximate surface area is 141 Å². The second-order valence-electron chi connectivity index (χ2n) is 6.57. The zero-order chi connectivity index (χ0) is 16.5. The highest BCUT2D eigenvalue weighted by molar-refractivity contribution is 5.88. The van der Waals surface area contributed by atoms with E-state index >= 15 is 0 Å². The number of nitrogens with zero attached hydrogens (tertiary/aromatic N) is 5. The van der Waals surface area contributed by atoms with Gasteiger partial charge in [0.1, 0.15) is 12.1 Å². The molecule has 0 bridgehead atoms. The Morgan fingerprint density at radius 1 is 1.08 bits per heavy atom. The summed E-state index contributed by atoms with van der Waals surface area (Å²) in [5, 5.41) is 8.55. The van der Waals surface area contributed by atoms with Crippen LogP contribution in [0, 0.1) is 5.92 Å². The van der Waals surface area contributed by atoms with Gasteiger partial charge in [-0.05, 0) is 43.0 Å². The van der Waals surface area contributed by atoms with Gasteiger partial charge in [0.2, 0.25) is 0 Å². The van der Waals surface area contributed by atoms with Crippen LogP contribution in [0.4, 0.5) is 17.2 Å². The topological polar surface area (TPSA) is 58.9 Å². The molecule has 0 unspecified atom stereocenters. The van der Waals surface area contributed by atoms with Crippen molar-refractivity contribution in [1.29, 1.82) is 0 Å². The summed E-state index contributed by atoms with van der Waals surface area (Å²) >= 11 is 0. The van der Waals surface area contributed by atoms with Crippen LogP contribution in [-0.4, -0.2) is 32.8 Å². The van der Waals surface area contributed by atoms with Crippen LogP contribution in [0.2, 0.25) is 0 Å². The molecule has 3 heterocycles. The number of piperidine rings is 1. The summed E-state index contributed by atoms with van der Waals surface area (Å²) < 4.78 is 1.75. The van der Waals surface area contributed by atoms with Gasteiger partial charge in [0.15, 0.2) is 5.65 Å². The van der Waals surface area contributed by atoms with Crippen molar-refractivity contribution in [2.75, 3.05) is 23.3 Å². The van der Waals surface area contributed by atoms with E-state index in [0.29, 0.717) is 0 Å². The molecule has 1 saturated heterocycles. The molecular formula is C18H22N6. The van der Waals surface area contributed by atoms with Crippen LogP contribution in [0.15, 0.2) is 36.8 Å². The Balaban J connectivity index is 1.53. The van der Waals surface area contributed by atoms with Crippen LogP contribution in [0.1, 0.15) is 19.8 Å². The average Bonchev–Trinajstić information content (AvgIpc) is 2.99. The Morgan fingerprint density at radius 3 is 2.58 bits per heavy atom. The highest BCUT2D eigenvalue weighted by Crippen LogP contribution is 2.26. The number of nitrogens with one attached hydrogen (secondary N) is 1. The predicted octanol–water partition coefficient (Wildman–Crippen LogP) is 3.34. The molecule has 0 aliphatic carbocycles. The summed E-state index contributed by atoms with van der Waals surface area (Å²) in [6.07, 6.45) is 5.91. The minimum atomic E-state index is 0.785. The van der Waals surface area contributed by atoms with Crippen LogP contribution in [-0.2, 0) is 7.05 Å². The first-order valence-electron chi connectivity index (χ1n) is 8.45. The summed E-state index contributed by atoms with van der Waals surface area (Å²) in [5.74, 6) is 1.63. The number of aryl methyl sites for hydroxylation is 1. The van der Waals surface area contributed by atoms with E-state index in [0.717, 1.165) is 41.5 Å². The average molecular weight is 322 g/mol. The van der Waals surface area contributed by atoms with Crippen molar-refractivity contribution in [3.63, 3.8) is 0 Å². The lowest BCUT2D eigenvalue weighted by molar-refractivity contribution is 0.438. The lowest BCUT2D eigenvalue weighted by Gasteiger charge is -2.32. The lowest BCUT2D eigenvalue weighted by Crippen LogP contribution is -2.32. The summed E-state index contributed by atoms with van der Waals surface area (Å²) in [6, 6.07) is 8.58. The highest BCUT2D eigenvalue weighted by atomic mass is 15.3. The van der Waals surface area contributed by atoms with E-state index in [4.69, 9.17) is 0 Å². The van der Waals surface area contributed by atoms with Crippen LogP contribution >= 0.6 is 0 Å². The molecule has 4 rings (SSSR count). The molecular weight excluding hydrogens is 300 g/mol. The highest BCUT2D eigenvalue weighted by Gasteiger charge is 2.16. The molecule has 1 aromatic carbocycles. The van der Waals surface area contributed by atoms with Gasteiger partial charge in [0.25, 0.3) is 0 Å². The number of anilines is 3. The molecule has 0 saturated carbocycles. The van der Waals surface area contributed by atoms with E-state index in [2.05, 4.69) is 56.5 Å². The summed E-state index contributed by atoms with van der Waals surface area (Å²) in [6.45, 7) is 4.64. The fourth-order valence-electron chi connectivity index (χ4n) is 3.22. The smallest absolute Gasteiger partial charge is 0.163 e. The van der Waals surface area contributed by atoms with E-state index in [1.165, 1.54) is 18.5 Å². The molecule has 2 aromatic heterocycles. The van der Waals surface area contributed by atoms with Crippen molar-refractivity contribution in [1.82, 2.24) is 19.7 Å². The lowest BCUT2D eigenvalue weighted by atomic mass is 9.99. The molecule has 0 radical (unpaired) electrons. The van der Waals surface area contributed by atoms with Gasteiger partial charge in [0, 0.05) is 31.5 Å². The second kappa shape index (κ2) is 6.11. The second-order valence-corrected chi connectivity index (χ2v) is 6.57. The van der Waals surface area contributed by atoms with Crippen LogP contribution < -0.4 is 10.2 Å².